The lowest BCUT2D eigenvalue weighted by atomic mass is 9.38. The molecule has 4 aliphatic carbocycles. The van der Waals surface area contributed by atoms with Gasteiger partial charge in [0.05, 0.1) is 18.3 Å². The fourth-order valence-corrected chi connectivity index (χ4v) is 9.83. The number of carbonyl (C=O) groups excluding carboxylic acids is 3. The van der Waals surface area contributed by atoms with Crippen molar-refractivity contribution >= 4 is 17.5 Å². The van der Waals surface area contributed by atoms with Gasteiger partial charge in [-0.2, -0.15) is 0 Å². The summed E-state index contributed by atoms with van der Waals surface area (Å²) in [5, 5.41) is 45.0. The van der Waals surface area contributed by atoms with Gasteiger partial charge in [-0.1, -0.05) is 46.3 Å². The minimum atomic E-state index is -1.89. The molecule has 3 fully saturated rings. The number of allylic oxidation sites excluding steroid dienone is 1. The largest absolute Gasteiger partial charge is 0.460 e. The van der Waals surface area contributed by atoms with E-state index >= 15 is 0 Å². The van der Waals surface area contributed by atoms with E-state index in [1.165, 1.54) is 13.8 Å². The zero-order chi connectivity index (χ0) is 30.4. The Hall–Kier alpha value is -1.61. The lowest BCUT2D eigenvalue weighted by molar-refractivity contribution is -0.188. The fourth-order valence-electron chi connectivity index (χ4n) is 9.83. The number of ketones is 2. The number of hydrogen-bond acceptors (Lipinski definition) is 8. The van der Waals surface area contributed by atoms with Gasteiger partial charge < -0.3 is 25.2 Å². The van der Waals surface area contributed by atoms with Crippen molar-refractivity contribution in [3.63, 3.8) is 0 Å². The van der Waals surface area contributed by atoms with Crippen LogP contribution in [0.25, 0.3) is 0 Å². The maximum Gasteiger partial charge on any atom is 0.303 e. The summed E-state index contributed by atoms with van der Waals surface area (Å²) in [7, 11) is 0. The Bertz CT molecular complexity index is 1120. The van der Waals surface area contributed by atoms with E-state index in [4.69, 9.17) is 4.74 Å². The Balaban J connectivity index is 1.70. The van der Waals surface area contributed by atoms with Crippen LogP contribution in [0.15, 0.2) is 11.6 Å². The SMILES string of the molecule is CC(=O)OC(C)(C)CCC(=O)[C@@](C)(O)C1[C@H](O)C[C@@]2(C)C3CC=C4C(C[C@H](O)[C@@H](O)C4(C)C)[C@]3(C)C(=O)C[C@]12C. The molecule has 4 N–H and O–H groups in total. The van der Waals surface area contributed by atoms with Gasteiger partial charge in [0, 0.05) is 36.5 Å². The average Bonchev–Trinajstić information content (AvgIpc) is 3.01. The summed E-state index contributed by atoms with van der Waals surface area (Å²) in [5.41, 5.74) is -4.68. The Morgan fingerprint density at radius 1 is 1.02 bits per heavy atom. The highest BCUT2D eigenvalue weighted by molar-refractivity contribution is 5.90. The van der Waals surface area contributed by atoms with Gasteiger partial charge in [0.1, 0.15) is 17.0 Å². The van der Waals surface area contributed by atoms with Crippen molar-refractivity contribution in [3.05, 3.63) is 11.6 Å². The summed E-state index contributed by atoms with van der Waals surface area (Å²) < 4.78 is 5.32. The van der Waals surface area contributed by atoms with Crippen LogP contribution >= 0.6 is 0 Å². The van der Waals surface area contributed by atoms with Gasteiger partial charge in [0.15, 0.2) is 5.78 Å². The summed E-state index contributed by atoms with van der Waals surface area (Å²) in [5.74, 6) is -2.15. The van der Waals surface area contributed by atoms with Crippen LogP contribution < -0.4 is 0 Å². The number of aliphatic hydroxyl groups is 4. The topological polar surface area (TPSA) is 141 Å². The number of ether oxygens (including phenoxy) is 1. The second kappa shape index (κ2) is 9.45. The predicted octanol–water partition coefficient (Wildman–Crippen LogP) is 3.52. The zero-order valence-corrected chi connectivity index (χ0v) is 25.7. The molecule has 0 bridgehead atoms. The van der Waals surface area contributed by atoms with Crippen molar-refractivity contribution in [3.8, 4) is 0 Å². The van der Waals surface area contributed by atoms with E-state index in [0.717, 1.165) is 5.57 Å². The first-order valence-corrected chi connectivity index (χ1v) is 14.8. The second-order valence-corrected chi connectivity index (χ2v) is 15.4. The van der Waals surface area contributed by atoms with Crippen LogP contribution in [-0.4, -0.2) is 67.5 Å². The molecule has 0 aliphatic heterocycles. The third kappa shape index (κ3) is 4.26. The monoisotopic (exact) mass is 562 g/mol. The lowest BCUT2D eigenvalue weighted by Gasteiger charge is -2.65. The van der Waals surface area contributed by atoms with Gasteiger partial charge in [0.2, 0.25) is 0 Å². The van der Waals surface area contributed by atoms with Crippen LogP contribution in [0.3, 0.4) is 0 Å². The molecule has 4 aliphatic rings. The van der Waals surface area contributed by atoms with E-state index < -0.39 is 68.8 Å². The summed E-state index contributed by atoms with van der Waals surface area (Å²) in [6, 6.07) is 0. The van der Waals surface area contributed by atoms with Crippen LogP contribution in [0.4, 0.5) is 0 Å². The molecule has 0 aromatic carbocycles. The van der Waals surface area contributed by atoms with Crippen LogP contribution in [0.2, 0.25) is 0 Å². The predicted molar refractivity (Wildman–Crippen MR) is 149 cm³/mol. The molecule has 40 heavy (non-hydrogen) atoms. The number of aliphatic hydroxyl groups excluding tert-OH is 3. The molecule has 0 radical (unpaired) electrons. The maximum absolute atomic E-state index is 14.3. The smallest absolute Gasteiger partial charge is 0.303 e. The van der Waals surface area contributed by atoms with Gasteiger partial charge in [-0.15, -0.1) is 0 Å². The van der Waals surface area contributed by atoms with Gasteiger partial charge in [-0.05, 0) is 69.1 Å². The molecule has 0 aromatic heterocycles. The Morgan fingerprint density at radius 3 is 2.20 bits per heavy atom. The van der Waals surface area contributed by atoms with E-state index in [9.17, 15) is 34.8 Å². The minimum absolute atomic E-state index is 0.0193. The molecule has 3 saturated carbocycles. The van der Waals surface area contributed by atoms with Crippen molar-refractivity contribution in [1.29, 1.82) is 0 Å². The summed E-state index contributed by atoms with van der Waals surface area (Å²) >= 11 is 0. The highest BCUT2D eigenvalue weighted by Gasteiger charge is 2.74. The summed E-state index contributed by atoms with van der Waals surface area (Å²) in [6.07, 6.45) is 0.776. The third-order valence-electron chi connectivity index (χ3n) is 12.2. The van der Waals surface area contributed by atoms with Crippen molar-refractivity contribution in [2.75, 3.05) is 0 Å². The van der Waals surface area contributed by atoms with Crippen molar-refractivity contribution < 1.29 is 39.5 Å². The van der Waals surface area contributed by atoms with Crippen LogP contribution in [0, 0.1) is 39.4 Å². The third-order valence-corrected chi connectivity index (χ3v) is 12.2. The molecular formula is C32H50O8. The van der Waals surface area contributed by atoms with E-state index in [-0.39, 0.29) is 36.9 Å². The first kappa shape index (κ1) is 31.3. The molecule has 0 spiro atoms. The van der Waals surface area contributed by atoms with Gasteiger partial charge in [-0.3, -0.25) is 14.4 Å². The zero-order valence-electron chi connectivity index (χ0n) is 25.7. The van der Waals surface area contributed by atoms with E-state index in [1.807, 2.05) is 27.7 Å². The summed E-state index contributed by atoms with van der Waals surface area (Å²) in [6.45, 7) is 16.1. The molecule has 3 unspecified atom stereocenters. The Morgan fingerprint density at radius 2 is 1.62 bits per heavy atom. The second-order valence-electron chi connectivity index (χ2n) is 15.4. The lowest BCUT2D eigenvalue weighted by Crippen LogP contribution is -2.65. The molecule has 8 nitrogen and oxygen atoms in total. The molecule has 0 heterocycles. The molecule has 0 amide bonds. The Kier molecular flexibility index (Phi) is 7.40. The number of fused-ring (bicyclic) bond motifs is 5. The number of Topliss-reactive ketones (excluding diaryl/α,β-unsaturated/α-hetero) is 2. The molecule has 0 aromatic rings. The van der Waals surface area contributed by atoms with Gasteiger partial charge >= 0.3 is 5.97 Å². The normalized spacial score (nSPS) is 44.0. The number of rotatable bonds is 6. The maximum atomic E-state index is 14.3. The highest BCUT2D eigenvalue weighted by Crippen LogP contribution is 2.74. The first-order valence-electron chi connectivity index (χ1n) is 14.8. The minimum Gasteiger partial charge on any atom is -0.460 e. The quantitative estimate of drug-likeness (QED) is 0.285. The fraction of sp³-hybridized carbons (Fsp3) is 0.844. The molecule has 10 atom stereocenters. The Labute approximate surface area is 238 Å². The van der Waals surface area contributed by atoms with E-state index in [2.05, 4.69) is 13.0 Å². The standard InChI is InChI=1S/C32H50O8/c1-17(33)40-27(2,3)13-12-23(36)32(9,39)25-21(35)15-29(6)22-11-10-18-19(14-20(34)26(38)28(18,4)5)31(22,8)24(37)16-30(25,29)7/h10,19-22,25-26,34-35,38-39H,11-16H2,1-9H3/t19?,20-,21+,22?,25?,26+,29-,30+,31-,32+/m0/s1. The first-order chi connectivity index (χ1) is 18.1. The van der Waals surface area contributed by atoms with E-state index in [1.54, 1.807) is 13.8 Å². The average molecular weight is 563 g/mol. The highest BCUT2D eigenvalue weighted by atomic mass is 16.6. The van der Waals surface area contributed by atoms with Crippen molar-refractivity contribution in [2.24, 2.45) is 39.4 Å². The summed E-state index contributed by atoms with van der Waals surface area (Å²) in [4.78, 5) is 39.4. The van der Waals surface area contributed by atoms with Crippen LogP contribution in [0.5, 0.6) is 0 Å². The van der Waals surface area contributed by atoms with Gasteiger partial charge in [-0.25, -0.2) is 0 Å². The molecular weight excluding hydrogens is 512 g/mol. The van der Waals surface area contributed by atoms with E-state index in [0.29, 0.717) is 19.3 Å². The van der Waals surface area contributed by atoms with Gasteiger partial charge in [0.25, 0.3) is 0 Å². The number of esters is 1. The number of carbonyl (C=O) groups is 3. The molecule has 8 heteroatoms. The molecule has 4 rings (SSSR count). The van der Waals surface area contributed by atoms with Crippen molar-refractivity contribution in [1.82, 2.24) is 0 Å². The van der Waals surface area contributed by atoms with Crippen LogP contribution in [-0.2, 0) is 19.1 Å². The van der Waals surface area contributed by atoms with Crippen molar-refractivity contribution in [2.45, 2.75) is 130 Å². The molecule has 226 valence electrons. The molecule has 0 saturated heterocycles. The van der Waals surface area contributed by atoms with Crippen LogP contribution in [0.1, 0.15) is 101 Å². The number of hydrogen-bond donors (Lipinski definition) is 4.